The lowest BCUT2D eigenvalue weighted by atomic mass is 9.94. The van der Waals surface area contributed by atoms with Gasteiger partial charge in [-0.1, -0.05) is 64.8 Å². The van der Waals surface area contributed by atoms with Crippen molar-refractivity contribution >= 4 is 23.2 Å². The van der Waals surface area contributed by atoms with Crippen molar-refractivity contribution in [2.24, 2.45) is 24.1 Å². The van der Waals surface area contributed by atoms with Crippen molar-refractivity contribution in [1.29, 1.82) is 0 Å². The van der Waals surface area contributed by atoms with Crippen LogP contribution in [0.25, 0.3) is 0 Å². The van der Waals surface area contributed by atoms with Crippen LogP contribution in [0, 0.1) is 13.8 Å². The van der Waals surface area contributed by atoms with Gasteiger partial charge in [-0.15, -0.1) is 0 Å². The molecule has 240 valence electrons. The third-order valence-corrected chi connectivity index (χ3v) is 8.52. The van der Waals surface area contributed by atoms with Crippen LogP contribution in [0.2, 0.25) is 0 Å². The number of imidazole rings is 2. The molecule has 2 aromatic carbocycles. The van der Waals surface area contributed by atoms with E-state index in [1.54, 1.807) is 0 Å². The lowest BCUT2D eigenvalue weighted by Crippen LogP contribution is -2.40. The van der Waals surface area contributed by atoms with Gasteiger partial charge in [-0.05, 0) is 79.3 Å². The molecule has 0 spiro atoms. The van der Waals surface area contributed by atoms with Gasteiger partial charge in [0.1, 0.15) is 24.8 Å². The standard InChI is InChI=1S/C37H50N6O2/c1-9-13-15-42-19-17-40(7)36(42)34(44)38-32-26(5)21-28(24-30(32)11-3)23-29-22-27(6)33(31(12-4)25-29)39-35(45)37-41(8)18-20-43(37)16-14-10-2/h17-22,24-25H,9-16,23H2,1-8H3. The van der Waals surface area contributed by atoms with E-state index >= 15 is 0 Å². The predicted octanol–water partition coefficient (Wildman–Crippen LogP) is 4.75. The third kappa shape index (κ3) is 7.72. The second-order valence-electron chi connectivity index (χ2n) is 12.1. The minimum Gasteiger partial charge on any atom is -0.853 e. The normalized spacial score (nSPS) is 12.4. The number of aliphatic imine (C=N–C) groups is 2. The predicted molar refractivity (Wildman–Crippen MR) is 177 cm³/mol. The molecular formula is C37H50N6O2. The Morgan fingerprint density at radius 3 is 1.42 bits per heavy atom. The topological polar surface area (TPSA) is 88.5 Å². The molecule has 0 aliphatic rings. The summed E-state index contributed by atoms with van der Waals surface area (Å²) in [5.41, 5.74) is 8.01. The molecule has 0 atom stereocenters. The van der Waals surface area contributed by atoms with Gasteiger partial charge in [-0.25, -0.2) is 18.3 Å². The van der Waals surface area contributed by atoms with Gasteiger partial charge in [0.2, 0.25) is 0 Å². The van der Waals surface area contributed by atoms with Crippen molar-refractivity contribution in [2.75, 3.05) is 0 Å². The summed E-state index contributed by atoms with van der Waals surface area (Å²) >= 11 is 0. The van der Waals surface area contributed by atoms with Crippen molar-refractivity contribution in [3.8, 4) is 0 Å². The Morgan fingerprint density at radius 2 is 1.07 bits per heavy atom. The van der Waals surface area contributed by atoms with Crippen LogP contribution in [0.15, 0.2) is 59.0 Å². The summed E-state index contributed by atoms with van der Waals surface area (Å²) in [6.45, 7) is 14.2. The number of aromatic nitrogens is 4. The first-order valence-corrected chi connectivity index (χ1v) is 16.5. The number of hydrogen-bond acceptors (Lipinski definition) is 4. The maximum atomic E-state index is 13.4. The van der Waals surface area contributed by atoms with Gasteiger partial charge < -0.3 is 10.2 Å². The minimum absolute atomic E-state index is 0.215. The molecule has 0 unspecified atom stereocenters. The summed E-state index contributed by atoms with van der Waals surface area (Å²) < 4.78 is 7.73. The van der Waals surface area contributed by atoms with Crippen molar-refractivity contribution in [3.63, 3.8) is 0 Å². The van der Waals surface area contributed by atoms with Crippen LogP contribution in [0.4, 0.5) is 11.4 Å². The smallest absolute Gasteiger partial charge is 0.292 e. The number of nitrogens with zero attached hydrogens (tertiary/aromatic N) is 6. The Morgan fingerprint density at radius 1 is 0.667 bits per heavy atom. The molecule has 0 aliphatic carbocycles. The SMILES string of the molecule is CCCCn1cc[n+](C)c1/C([O-])=N/c1c(C)cc(Cc2cc(C)c(/N=C(\[O-])c3n(CCCC)cc[n+]3C)c(CC)c2)cc1CC. The maximum Gasteiger partial charge on any atom is 0.292 e. The average Bonchev–Trinajstić information content (AvgIpc) is 3.58. The van der Waals surface area contributed by atoms with E-state index < -0.39 is 0 Å². The highest BCUT2D eigenvalue weighted by atomic mass is 16.3. The molecule has 0 saturated heterocycles. The summed E-state index contributed by atoms with van der Waals surface area (Å²) in [6.07, 6.45) is 14.2. The number of aryl methyl sites for hydroxylation is 8. The van der Waals surface area contributed by atoms with E-state index in [2.05, 4.69) is 61.9 Å². The van der Waals surface area contributed by atoms with Crippen LogP contribution in [-0.4, -0.2) is 20.9 Å². The number of rotatable bonds is 14. The van der Waals surface area contributed by atoms with Gasteiger partial charge in [-0.3, -0.25) is 9.98 Å². The Bertz CT molecular complexity index is 1570. The largest absolute Gasteiger partial charge is 0.853 e. The summed E-state index contributed by atoms with van der Waals surface area (Å²) in [5, 5.41) is 26.8. The second kappa shape index (κ2) is 15.2. The van der Waals surface area contributed by atoms with E-state index in [9.17, 15) is 10.2 Å². The highest BCUT2D eigenvalue weighted by Gasteiger charge is 2.18. The molecule has 8 nitrogen and oxygen atoms in total. The monoisotopic (exact) mass is 610 g/mol. The molecule has 8 heteroatoms. The molecule has 0 amide bonds. The summed E-state index contributed by atoms with van der Waals surface area (Å²) in [5.74, 6) is 0.770. The number of hydrogen-bond donors (Lipinski definition) is 0. The first-order chi connectivity index (χ1) is 21.6. The lowest BCUT2D eigenvalue weighted by Gasteiger charge is -2.17. The summed E-state index contributed by atoms with van der Waals surface area (Å²) in [7, 11) is 3.79. The molecule has 0 fully saturated rings. The van der Waals surface area contributed by atoms with Crippen LogP contribution >= 0.6 is 0 Å². The van der Waals surface area contributed by atoms with Crippen LogP contribution in [0.3, 0.4) is 0 Å². The van der Waals surface area contributed by atoms with Crippen molar-refractivity contribution in [3.05, 3.63) is 94.1 Å². The fourth-order valence-corrected chi connectivity index (χ4v) is 6.08. The maximum absolute atomic E-state index is 13.4. The van der Waals surface area contributed by atoms with Crippen LogP contribution < -0.4 is 19.3 Å². The second-order valence-corrected chi connectivity index (χ2v) is 12.1. The first kappa shape index (κ1) is 33.7. The molecule has 0 N–H and O–H groups in total. The van der Waals surface area contributed by atoms with E-state index in [0.29, 0.717) is 11.6 Å². The molecule has 45 heavy (non-hydrogen) atoms. The van der Waals surface area contributed by atoms with Crippen LogP contribution in [0.5, 0.6) is 0 Å². The zero-order chi connectivity index (χ0) is 32.7. The highest BCUT2D eigenvalue weighted by Crippen LogP contribution is 2.31. The Hall–Kier alpha value is -4.20. The molecule has 4 aromatic rings. The highest BCUT2D eigenvalue weighted by molar-refractivity contribution is 5.89. The summed E-state index contributed by atoms with van der Waals surface area (Å²) in [4.78, 5) is 9.30. The molecule has 2 heterocycles. The van der Waals surface area contributed by atoms with Gasteiger partial charge in [0, 0.05) is 0 Å². The Labute approximate surface area is 269 Å². The molecule has 2 aromatic heterocycles. The Balaban J connectivity index is 1.64. The van der Waals surface area contributed by atoms with E-state index in [0.717, 1.165) is 91.7 Å². The van der Waals surface area contributed by atoms with Gasteiger partial charge in [-0.2, -0.15) is 0 Å². The zero-order valence-corrected chi connectivity index (χ0v) is 28.5. The van der Waals surface area contributed by atoms with Crippen molar-refractivity contribution in [2.45, 2.75) is 99.6 Å². The molecule has 4 rings (SSSR count). The summed E-state index contributed by atoms with van der Waals surface area (Å²) in [6, 6.07) is 8.66. The number of benzene rings is 2. The van der Waals surface area contributed by atoms with E-state index in [4.69, 9.17) is 0 Å². The fraction of sp³-hybridized carbons (Fsp3) is 0.459. The molecule has 0 aliphatic heterocycles. The Kier molecular flexibility index (Phi) is 11.4. The van der Waals surface area contributed by atoms with E-state index in [1.165, 1.54) is 11.1 Å². The van der Waals surface area contributed by atoms with E-state index in [1.807, 2.05) is 71.0 Å². The van der Waals surface area contributed by atoms with Crippen LogP contribution in [0.1, 0.15) is 98.4 Å². The average molecular weight is 611 g/mol. The van der Waals surface area contributed by atoms with Crippen molar-refractivity contribution in [1.82, 2.24) is 9.13 Å². The minimum atomic E-state index is -0.215. The fourth-order valence-electron chi connectivity index (χ4n) is 6.08. The molecule has 0 bridgehead atoms. The molecule has 0 saturated carbocycles. The third-order valence-electron chi connectivity index (χ3n) is 8.52. The molecule has 0 radical (unpaired) electrons. The van der Waals surface area contributed by atoms with Gasteiger partial charge >= 0.3 is 0 Å². The van der Waals surface area contributed by atoms with Gasteiger partial charge in [0.15, 0.2) is 0 Å². The first-order valence-electron chi connectivity index (χ1n) is 16.5. The quantitative estimate of drug-likeness (QED) is 0.117. The lowest BCUT2D eigenvalue weighted by molar-refractivity contribution is -0.674. The van der Waals surface area contributed by atoms with Gasteiger partial charge in [0.05, 0.1) is 50.4 Å². The number of unbranched alkanes of at least 4 members (excludes halogenated alkanes) is 2. The van der Waals surface area contributed by atoms with Crippen molar-refractivity contribution < 1.29 is 19.3 Å². The van der Waals surface area contributed by atoms with Gasteiger partial charge in [0.25, 0.3) is 11.6 Å². The van der Waals surface area contributed by atoms with Crippen LogP contribution in [-0.2, 0) is 46.4 Å². The van der Waals surface area contributed by atoms with E-state index in [-0.39, 0.29) is 11.8 Å². The zero-order valence-electron chi connectivity index (χ0n) is 28.5. The molecular weight excluding hydrogens is 560 g/mol.